The van der Waals surface area contributed by atoms with Gasteiger partial charge in [-0.3, -0.25) is 9.88 Å². The van der Waals surface area contributed by atoms with Gasteiger partial charge in [0.25, 0.3) is 0 Å². The molecule has 0 radical (unpaired) electrons. The first-order chi connectivity index (χ1) is 10.4. The lowest BCUT2D eigenvalue weighted by Gasteiger charge is -2.31. The fraction of sp³-hybridized carbons (Fsp3) is 0.375. The maximum absolute atomic E-state index is 4.54. The molecule has 1 N–H and O–H groups in total. The van der Waals surface area contributed by atoms with Crippen LogP contribution >= 0.6 is 11.3 Å². The molecule has 0 aliphatic carbocycles. The molecule has 1 aliphatic rings. The van der Waals surface area contributed by atoms with Gasteiger partial charge in [0.2, 0.25) is 0 Å². The number of pyridine rings is 1. The Morgan fingerprint density at radius 3 is 3.00 bits per heavy atom. The third-order valence-corrected chi connectivity index (χ3v) is 5.00. The van der Waals surface area contributed by atoms with Gasteiger partial charge in [-0.15, -0.1) is 11.3 Å². The number of H-pyrrole nitrogens is 1. The van der Waals surface area contributed by atoms with Crippen molar-refractivity contribution in [2.24, 2.45) is 0 Å². The number of nitrogens with one attached hydrogen (secondary N) is 1. The standard InChI is InChI=1S/C16H18N4S/c1-2-15-16(17-5-1)14(8-18-15)12-3-6-20(7-4-12)9-13-10-21-11-19-13/h1-2,5,8,10-12,18H,3-4,6-7,9H2. The van der Waals surface area contributed by atoms with E-state index < -0.39 is 0 Å². The molecule has 4 rings (SSSR count). The lowest BCUT2D eigenvalue weighted by molar-refractivity contribution is 0.203. The molecule has 4 heterocycles. The molecule has 4 nitrogen and oxygen atoms in total. The van der Waals surface area contributed by atoms with Gasteiger partial charge in [0.15, 0.2) is 0 Å². The summed E-state index contributed by atoms with van der Waals surface area (Å²) in [6, 6.07) is 4.09. The Morgan fingerprint density at radius 2 is 2.19 bits per heavy atom. The van der Waals surface area contributed by atoms with Crippen molar-refractivity contribution < 1.29 is 0 Å². The van der Waals surface area contributed by atoms with E-state index in [0.29, 0.717) is 5.92 Å². The molecule has 1 saturated heterocycles. The first-order valence-corrected chi connectivity index (χ1v) is 8.36. The molecule has 1 fully saturated rings. The molecule has 0 bridgehead atoms. The second kappa shape index (κ2) is 5.58. The average molecular weight is 298 g/mol. The van der Waals surface area contributed by atoms with Crippen LogP contribution < -0.4 is 0 Å². The number of hydrogen-bond donors (Lipinski definition) is 1. The molecule has 3 aromatic rings. The van der Waals surface area contributed by atoms with Gasteiger partial charge in [0.1, 0.15) is 0 Å². The van der Waals surface area contributed by atoms with Gasteiger partial charge in [-0.25, -0.2) is 4.98 Å². The number of piperidine rings is 1. The molecule has 0 spiro atoms. The molecule has 3 aromatic heterocycles. The zero-order valence-corrected chi connectivity index (χ0v) is 12.6. The number of likely N-dealkylation sites (tertiary alicyclic amines) is 1. The van der Waals surface area contributed by atoms with Crippen LogP contribution in [-0.2, 0) is 6.54 Å². The zero-order chi connectivity index (χ0) is 14.1. The van der Waals surface area contributed by atoms with Crippen molar-refractivity contribution in [3.8, 4) is 0 Å². The highest BCUT2D eigenvalue weighted by atomic mass is 32.1. The number of hydrogen-bond acceptors (Lipinski definition) is 4. The Kier molecular flexibility index (Phi) is 3.45. The van der Waals surface area contributed by atoms with Crippen LogP contribution in [0.15, 0.2) is 35.4 Å². The summed E-state index contributed by atoms with van der Waals surface area (Å²) in [5, 5.41) is 2.15. The van der Waals surface area contributed by atoms with Crippen LogP contribution in [-0.4, -0.2) is 32.9 Å². The van der Waals surface area contributed by atoms with Gasteiger partial charge >= 0.3 is 0 Å². The molecular weight excluding hydrogens is 280 g/mol. The summed E-state index contributed by atoms with van der Waals surface area (Å²) in [5.41, 5.74) is 6.80. The van der Waals surface area contributed by atoms with Crippen molar-refractivity contribution in [2.75, 3.05) is 13.1 Å². The van der Waals surface area contributed by atoms with E-state index >= 15 is 0 Å². The van der Waals surface area contributed by atoms with E-state index in [4.69, 9.17) is 0 Å². The smallest absolute Gasteiger partial charge is 0.0913 e. The molecule has 5 heteroatoms. The highest BCUT2D eigenvalue weighted by Gasteiger charge is 2.23. The summed E-state index contributed by atoms with van der Waals surface area (Å²) in [6.45, 7) is 3.27. The van der Waals surface area contributed by atoms with Crippen LogP contribution in [0.4, 0.5) is 0 Å². The third kappa shape index (κ3) is 2.59. The topological polar surface area (TPSA) is 44.8 Å². The van der Waals surface area contributed by atoms with E-state index in [2.05, 4.69) is 37.5 Å². The van der Waals surface area contributed by atoms with Crippen molar-refractivity contribution in [1.29, 1.82) is 0 Å². The third-order valence-electron chi connectivity index (χ3n) is 4.36. The SMILES string of the molecule is c1cnc2c(C3CCN(Cc4cscn4)CC3)c[nH]c2c1. The summed E-state index contributed by atoms with van der Waals surface area (Å²) in [5.74, 6) is 0.625. The average Bonchev–Trinajstić information content (AvgIpc) is 3.17. The van der Waals surface area contributed by atoms with E-state index in [-0.39, 0.29) is 0 Å². The van der Waals surface area contributed by atoms with Gasteiger partial charge in [-0.05, 0) is 49.5 Å². The fourth-order valence-electron chi connectivity index (χ4n) is 3.23. The van der Waals surface area contributed by atoms with Crippen LogP contribution in [0.3, 0.4) is 0 Å². The molecule has 0 amide bonds. The Bertz CT molecular complexity index is 711. The van der Waals surface area contributed by atoms with Gasteiger partial charge in [-0.1, -0.05) is 0 Å². The number of rotatable bonds is 3. The van der Waals surface area contributed by atoms with E-state index in [9.17, 15) is 0 Å². The summed E-state index contributed by atoms with van der Waals surface area (Å²) in [7, 11) is 0. The number of aromatic nitrogens is 3. The minimum absolute atomic E-state index is 0.625. The maximum Gasteiger partial charge on any atom is 0.0913 e. The predicted molar refractivity (Wildman–Crippen MR) is 85.5 cm³/mol. The first-order valence-electron chi connectivity index (χ1n) is 7.41. The summed E-state index contributed by atoms with van der Waals surface area (Å²) in [6.07, 6.45) is 6.44. The Morgan fingerprint density at radius 1 is 1.29 bits per heavy atom. The van der Waals surface area contributed by atoms with Crippen molar-refractivity contribution in [3.63, 3.8) is 0 Å². The predicted octanol–water partition coefficient (Wildman–Crippen LogP) is 3.40. The summed E-state index contributed by atoms with van der Waals surface area (Å²) in [4.78, 5) is 14.8. The van der Waals surface area contributed by atoms with Crippen LogP contribution in [0.5, 0.6) is 0 Å². The Labute approximate surface area is 127 Å². The van der Waals surface area contributed by atoms with Gasteiger partial charge < -0.3 is 4.98 Å². The minimum atomic E-state index is 0.625. The molecule has 0 atom stereocenters. The normalized spacial score (nSPS) is 17.5. The highest BCUT2D eigenvalue weighted by molar-refractivity contribution is 7.07. The largest absolute Gasteiger partial charge is 0.360 e. The van der Waals surface area contributed by atoms with Gasteiger partial charge in [0, 0.05) is 24.3 Å². The van der Waals surface area contributed by atoms with E-state index in [1.165, 1.54) is 24.1 Å². The zero-order valence-electron chi connectivity index (χ0n) is 11.8. The van der Waals surface area contributed by atoms with Crippen molar-refractivity contribution in [2.45, 2.75) is 25.3 Å². The highest BCUT2D eigenvalue weighted by Crippen LogP contribution is 2.32. The number of aromatic amines is 1. The summed E-state index contributed by atoms with van der Waals surface area (Å²) >= 11 is 1.68. The molecule has 0 unspecified atom stereocenters. The van der Waals surface area contributed by atoms with Crippen LogP contribution in [0.25, 0.3) is 11.0 Å². The second-order valence-corrected chi connectivity index (χ2v) is 6.39. The van der Waals surface area contributed by atoms with Crippen molar-refractivity contribution in [1.82, 2.24) is 19.9 Å². The van der Waals surface area contributed by atoms with E-state index in [0.717, 1.165) is 30.7 Å². The lowest BCUT2D eigenvalue weighted by Crippen LogP contribution is -2.32. The second-order valence-electron chi connectivity index (χ2n) is 5.67. The fourth-order valence-corrected chi connectivity index (χ4v) is 3.78. The van der Waals surface area contributed by atoms with E-state index in [1.54, 1.807) is 11.3 Å². The molecular formula is C16H18N4S. The molecule has 21 heavy (non-hydrogen) atoms. The molecule has 0 aromatic carbocycles. The van der Waals surface area contributed by atoms with Crippen LogP contribution in [0.2, 0.25) is 0 Å². The van der Waals surface area contributed by atoms with Gasteiger partial charge in [-0.2, -0.15) is 0 Å². The van der Waals surface area contributed by atoms with E-state index in [1.807, 2.05) is 17.8 Å². The Balaban J connectivity index is 1.45. The minimum Gasteiger partial charge on any atom is -0.360 e. The number of fused-ring (bicyclic) bond motifs is 1. The van der Waals surface area contributed by atoms with Crippen molar-refractivity contribution in [3.05, 3.63) is 46.7 Å². The van der Waals surface area contributed by atoms with Crippen molar-refractivity contribution >= 4 is 22.4 Å². The quantitative estimate of drug-likeness (QED) is 0.806. The number of nitrogens with zero attached hydrogens (tertiary/aromatic N) is 3. The molecule has 0 saturated carbocycles. The maximum atomic E-state index is 4.54. The van der Waals surface area contributed by atoms with Crippen LogP contribution in [0, 0.1) is 0 Å². The van der Waals surface area contributed by atoms with Gasteiger partial charge in [0.05, 0.1) is 22.2 Å². The lowest BCUT2D eigenvalue weighted by atomic mass is 9.90. The molecule has 1 aliphatic heterocycles. The molecule has 108 valence electrons. The Hall–Kier alpha value is -1.72. The van der Waals surface area contributed by atoms with Crippen LogP contribution in [0.1, 0.15) is 30.0 Å². The number of thiazole rings is 1. The monoisotopic (exact) mass is 298 g/mol. The summed E-state index contributed by atoms with van der Waals surface area (Å²) < 4.78 is 0. The first kappa shape index (κ1) is 13.0.